The lowest BCUT2D eigenvalue weighted by Gasteiger charge is -2.12. The Morgan fingerprint density at radius 1 is 0.386 bits per heavy atom. The van der Waals surface area contributed by atoms with E-state index in [1.807, 2.05) is 0 Å². The van der Waals surface area contributed by atoms with Gasteiger partial charge in [0.15, 0.2) is 0 Å². The first-order chi connectivity index (χ1) is 21.8. The number of hydrogen-bond acceptors (Lipinski definition) is 0. The van der Waals surface area contributed by atoms with Gasteiger partial charge in [-0.1, -0.05) is 97.1 Å². The Bertz CT molecular complexity index is 2430. The summed E-state index contributed by atoms with van der Waals surface area (Å²) in [6, 6.07) is 51.0. The Morgan fingerprint density at radius 2 is 0.955 bits per heavy atom. The number of hydrogen-bond donors (Lipinski definition) is 0. The third-order valence-corrected chi connectivity index (χ3v) is 9.13. The zero-order valence-corrected chi connectivity index (χ0v) is 24.3. The molecular weight excluding hydrogens is 532 g/mol. The molecule has 2 aromatic heterocycles. The highest BCUT2D eigenvalue weighted by molar-refractivity contribution is 6.12. The molecule has 8 aromatic rings. The summed E-state index contributed by atoms with van der Waals surface area (Å²) in [5.41, 5.74) is 12.3. The molecule has 0 amide bonds. The fourth-order valence-electron chi connectivity index (χ4n) is 7.09. The van der Waals surface area contributed by atoms with Crippen LogP contribution in [0.2, 0.25) is 0 Å². The van der Waals surface area contributed by atoms with Crippen LogP contribution in [0.4, 0.5) is 0 Å². The van der Waals surface area contributed by atoms with Gasteiger partial charge in [0.05, 0.1) is 22.1 Å². The van der Waals surface area contributed by atoms with Crippen LogP contribution in [0.15, 0.2) is 158 Å². The standard InChI is InChI=1S/C42H30N2/c1-3-12-29(13-4-1)30-14-11-17-34(26-30)44-40-21-10-8-19-36(40)38-28-32(23-25-42(38)44)31-22-24-41-37(27-31)35-18-7-9-20-39(35)43(41)33-15-5-2-6-16-33/h2-3,5-28H,1,4H2. The van der Waals surface area contributed by atoms with E-state index in [9.17, 15) is 0 Å². The zero-order valence-electron chi connectivity index (χ0n) is 24.3. The summed E-state index contributed by atoms with van der Waals surface area (Å²) in [5, 5.41) is 5.08. The van der Waals surface area contributed by atoms with E-state index < -0.39 is 0 Å². The highest BCUT2D eigenvalue weighted by Crippen LogP contribution is 2.38. The van der Waals surface area contributed by atoms with Crippen molar-refractivity contribution in [2.24, 2.45) is 0 Å². The molecular formula is C42H30N2. The molecule has 2 heteroatoms. The maximum absolute atomic E-state index is 2.42. The highest BCUT2D eigenvalue weighted by Gasteiger charge is 2.16. The topological polar surface area (TPSA) is 9.86 Å². The summed E-state index contributed by atoms with van der Waals surface area (Å²) < 4.78 is 4.79. The second-order valence-electron chi connectivity index (χ2n) is 11.7. The van der Waals surface area contributed by atoms with Crippen LogP contribution in [0.1, 0.15) is 18.4 Å². The Morgan fingerprint density at radius 3 is 1.59 bits per heavy atom. The molecule has 9 rings (SSSR count). The number of allylic oxidation sites excluding steroid dienone is 4. The third-order valence-electron chi connectivity index (χ3n) is 9.13. The number of nitrogens with zero attached hydrogens (tertiary/aromatic N) is 2. The van der Waals surface area contributed by atoms with Crippen molar-refractivity contribution in [3.63, 3.8) is 0 Å². The fourth-order valence-corrected chi connectivity index (χ4v) is 7.09. The summed E-state index contributed by atoms with van der Waals surface area (Å²) in [7, 11) is 0. The molecule has 0 radical (unpaired) electrons. The van der Waals surface area contributed by atoms with Crippen LogP contribution in [-0.2, 0) is 0 Å². The zero-order chi connectivity index (χ0) is 29.0. The smallest absolute Gasteiger partial charge is 0.0541 e. The summed E-state index contributed by atoms with van der Waals surface area (Å²) in [6.07, 6.45) is 9.12. The fraction of sp³-hybridized carbons (Fsp3) is 0.0476. The van der Waals surface area contributed by atoms with Gasteiger partial charge < -0.3 is 9.13 Å². The Labute approximate surface area is 256 Å². The lowest BCUT2D eigenvalue weighted by Crippen LogP contribution is -1.95. The Hall–Kier alpha value is -5.60. The van der Waals surface area contributed by atoms with E-state index in [0.29, 0.717) is 0 Å². The number of benzene rings is 6. The highest BCUT2D eigenvalue weighted by atomic mass is 15.0. The lowest BCUT2D eigenvalue weighted by atomic mass is 9.99. The predicted molar refractivity (Wildman–Crippen MR) is 187 cm³/mol. The molecule has 0 saturated carbocycles. The molecule has 0 unspecified atom stereocenters. The van der Waals surface area contributed by atoms with E-state index in [-0.39, 0.29) is 0 Å². The minimum atomic E-state index is 1.10. The third kappa shape index (κ3) is 3.88. The summed E-state index contributed by atoms with van der Waals surface area (Å²) in [4.78, 5) is 0. The van der Waals surface area contributed by atoms with Crippen molar-refractivity contribution in [3.8, 4) is 22.5 Å². The van der Waals surface area contributed by atoms with Gasteiger partial charge in [-0.3, -0.25) is 0 Å². The maximum Gasteiger partial charge on any atom is 0.0541 e. The number of aromatic nitrogens is 2. The average molecular weight is 563 g/mol. The van der Waals surface area contributed by atoms with Crippen molar-refractivity contribution in [1.29, 1.82) is 0 Å². The molecule has 0 saturated heterocycles. The van der Waals surface area contributed by atoms with Gasteiger partial charge in [0.2, 0.25) is 0 Å². The van der Waals surface area contributed by atoms with E-state index in [1.54, 1.807) is 0 Å². The van der Waals surface area contributed by atoms with Gasteiger partial charge in [-0.15, -0.1) is 0 Å². The van der Waals surface area contributed by atoms with Crippen molar-refractivity contribution < 1.29 is 0 Å². The van der Waals surface area contributed by atoms with E-state index >= 15 is 0 Å². The maximum atomic E-state index is 2.42. The molecule has 44 heavy (non-hydrogen) atoms. The van der Waals surface area contributed by atoms with Crippen LogP contribution >= 0.6 is 0 Å². The van der Waals surface area contributed by atoms with Gasteiger partial charge in [0, 0.05) is 32.9 Å². The van der Waals surface area contributed by atoms with E-state index in [4.69, 9.17) is 0 Å². The molecule has 1 aliphatic carbocycles. The van der Waals surface area contributed by atoms with Crippen LogP contribution in [0, 0.1) is 0 Å². The second-order valence-corrected chi connectivity index (χ2v) is 11.7. The first kappa shape index (κ1) is 24.9. The lowest BCUT2D eigenvalue weighted by molar-refractivity contribution is 1.04. The van der Waals surface area contributed by atoms with E-state index in [1.165, 1.54) is 77.2 Å². The molecule has 0 atom stereocenters. The Kier molecular flexibility index (Phi) is 5.67. The molecule has 0 bridgehead atoms. The van der Waals surface area contributed by atoms with Crippen LogP contribution in [0.25, 0.3) is 71.7 Å². The SMILES string of the molecule is C1=CC(c2cccc(-n3c4ccccc4c4cc(-c5ccc6c(c5)c5ccccc5n6-c5ccccc5)ccc43)c2)=CCC1. The second kappa shape index (κ2) is 10.00. The van der Waals surface area contributed by atoms with Crippen molar-refractivity contribution in [1.82, 2.24) is 9.13 Å². The normalized spacial score (nSPS) is 13.3. The van der Waals surface area contributed by atoms with Gasteiger partial charge in [0.1, 0.15) is 0 Å². The molecule has 208 valence electrons. The largest absolute Gasteiger partial charge is 0.309 e. The molecule has 0 fully saturated rings. The molecule has 0 N–H and O–H groups in total. The minimum Gasteiger partial charge on any atom is -0.309 e. The van der Waals surface area contributed by atoms with Crippen molar-refractivity contribution in [2.75, 3.05) is 0 Å². The molecule has 0 aliphatic heterocycles. The molecule has 2 nitrogen and oxygen atoms in total. The molecule has 6 aromatic carbocycles. The van der Waals surface area contributed by atoms with Crippen molar-refractivity contribution >= 4 is 49.2 Å². The van der Waals surface area contributed by atoms with Gasteiger partial charge in [-0.25, -0.2) is 0 Å². The van der Waals surface area contributed by atoms with Gasteiger partial charge in [0.25, 0.3) is 0 Å². The van der Waals surface area contributed by atoms with Crippen molar-refractivity contribution in [3.05, 3.63) is 163 Å². The number of fused-ring (bicyclic) bond motifs is 6. The minimum absolute atomic E-state index is 1.10. The Balaban J connectivity index is 1.22. The van der Waals surface area contributed by atoms with Crippen LogP contribution in [-0.4, -0.2) is 9.13 Å². The quantitative estimate of drug-likeness (QED) is 0.202. The van der Waals surface area contributed by atoms with E-state index in [2.05, 4.69) is 167 Å². The first-order valence-corrected chi connectivity index (χ1v) is 15.4. The summed E-state index contributed by atoms with van der Waals surface area (Å²) >= 11 is 0. The van der Waals surface area contributed by atoms with Gasteiger partial charge in [-0.05, 0) is 95.8 Å². The average Bonchev–Trinajstić information content (AvgIpc) is 3.61. The number of para-hydroxylation sites is 3. The monoisotopic (exact) mass is 562 g/mol. The van der Waals surface area contributed by atoms with Crippen molar-refractivity contribution in [2.45, 2.75) is 12.8 Å². The summed E-state index contributed by atoms with van der Waals surface area (Å²) in [6.45, 7) is 0. The predicted octanol–water partition coefficient (Wildman–Crippen LogP) is 11.3. The van der Waals surface area contributed by atoms with Gasteiger partial charge in [-0.2, -0.15) is 0 Å². The first-order valence-electron chi connectivity index (χ1n) is 15.4. The van der Waals surface area contributed by atoms with E-state index in [0.717, 1.165) is 12.8 Å². The van der Waals surface area contributed by atoms with Crippen LogP contribution in [0.3, 0.4) is 0 Å². The van der Waals surface area contributed by atoms with Gasteiger partial charge >= 0.3 is 0 Å². The molecule has 0 spiro atoms. The van der Waals surface area contributed by atoms with Crippen LogP contribution < -0.4 is 0 Å². The summed E-state index contributed by atoms with van der Waals surface area (Å²) in [5.74, 6) is 0. The van der Waals surface area contributed by atoms with Crippen LogP contribution in [0.5, 0.6) is 0 Å². The molecule has 1 aliphatic rings. The number of rotatable bonds is 4. The molecule has 2 heterocycles.